The summed E-state index contributed by atoms with van der Waals surface area (Å²) in [5.41, 5.74) is 2.13. The normalized spacial score (nSPS) is 47.4. The first kappa shape index (κ1) is 30.9. The van der Waals surface area contributed by atoms with Crippen LogP contribution in [0.25, 0.3) is 0 Å². The molecule has 5 nitrogen and oxygen atoms in total. The summed E-state index contributed by atoms with van der Waals surface area (Å²) in [6, 6.07) is 0. The maximum atomic E-state index is 14.3. The molecule has 1 saturated heterocycles. The predicted octanol–water partition coefficient (Wildman–Crippen LogP) is 6.66. The quantitative estimate of drug-likeness (QED) is 0.360. The van der Waals surface area contributed by atoms with Crippen molar-refractivity contribution in [1.82, 2.24) is 10.2 Å². The summed E-state index contributed by atoms with van der Waals surface area (Å²) in [5.74, 6) is 3.58. The van der Waals surface area contributed by atoms with E-state index in [1.165, 1.54) is 37.7 Å². The molecule has 1 N–H and O–H groups in total. The second kappa shape index (κ2) is 10.2. The molecule has 1 aliphatic heterocycles. The number of hydrogen-bond donors (Lipinski definition) is 1. The van der Waals surface area contributed by atoms with E-state index in [4.69, 9.17) is 0 Å². The molecule has 0 spiro atoms. The van der Waals surface area contributed by atoms with Gasteiger partial charge in [-0.25, -0.2) is 8.42 Å². The number of allylic oxidation sites excluding steroid dienone is 3. The van der Waals surface area contributed by atoms with Crippen molar-refractivity contribution in [2.24, 2.45) is 56.7 Å². The van der Waals surface area contributed by atoms with Crippen LogP contribution in [0.5, 0.6) is 0 Å². The van der Waals surface area contributed by atoms with E-state index >= 15 is 0 Å². The Hall–Kier alpha value is -1.14. The number of carbonyl (C=O) groups excluding carboxylic acids is 1. The summed E-state index contributed by atoms with van der Waals surface area (Å²) in [7, 11) is -2.89. The highest BCUT2D eigenvalue weighted by molar-refractivity contribution is 7.91. The monoisotopic (exact) mass is 598 g/mol. The number of sulfone groups is 1. The Morgan fingerprint density at radius 1 is 0.929 bits per heavy atom. The predicted molar refractivity (Wildman–Crippen MR) is 172 cm³/mol. The highest BCUT2D eigenvalue weighted by Crippen LogP contribution is 2.77. The number of carbonyl (C=O) groups is 1. The molecule has 42 heavy (non-hydrogen) atoms. The van der Waals surface area contributed by atoms with Gasteiger partial charge >= 0.3 is 0 Å². The van der Waals surface area contributed by atoms with Gasteiger partial charge in [0.25, 0.3) is 0 Å². The minimum absolute atomic E-state index is 0.237. The summed E-state index contributed by atoms with van der Waals surface area (Å²) in [6.45, 7) is 22.1. The van der Waals surface area contributed by atoms with E-state index in [9.17, 15) is 13.2 Å². The van der Waals surface area contributed by atoms with Gasteiger partial charge in [-0.1, -0.05) is 58.9 Å². The van der Waals surface area contributed by atoms with Gasteiger partial charge < -0.3 is 5.32 Å². The van der Waals surface area contributed by atoms with Crippen LogP contribution in [-0.2, 0) is 14.6 Å². The second-order valence-corrected chi connectivity index (χ2v) is 19.3. The Bertz CT molecular complexity index is 1240. The number of fused-ring (bicyclic) bond motifs is 7. The van der Waals surface area contributed by atoms with Gasteiger partial charge in [0.05, 0.1) is 16.9 Å². The minimum Gasteiger partial charge on any atom is -0.354 e. The molecular weight excluding hydrogens is 540 g/mol. The molecule has 0 bridgehead atoms. The van der Waals surface area contributed by atoms with Crippen LogP contribution >= 0.6 is 0 Å². The van der Waals surface area contributed by atoms with Gasteiger partial charge in [0, 0.05) is 26.2 Å². The number of nitrogens with zero attached hydrogens (tertiary/aromatic N) is 1. The number of amides is 1. The second-order valence-electron chi connectivity index (χ2n) is 17.0. The lowest BCUT2D eigenvalue weighted by Gasteiger charge is -2.72. The van der Waals surface area contributed by atoms with Crippen LogP contribution in [0.3, 0.4) is 0 Å². The first-order valence-electron chi connectivity index (χ1n) is 17.1. The summed E-state index contributed by atoms with van der Waals surface area (Å²) in [4.78, 5) is 16.5. The van der Waals surface area contributed by atoms with Gasteiger partial charge in [0.2, 0.25) is 5.91 Å². The molecule has 1 amide bonds. The molecular formula is C36H58N2O3S. The van der Waals surface area contributed by atoms with Crippen molar-refractivity contribution in [1.29, 1.82) is 0 Å². The molecule has 0 unspecified atom stereocenters. The van der Waals surface area contributed by atoms with Crippen molar-refractivity contribution in [3.8, 4) is 0 Å². The average molecular weight is 599 g/mol. The highest BCUT2D eigenvalue weighted by atomic mass is 32.2. The Kier molecular flexibility index (Phi) is 7.49. The van der Waals surface area contributed by atoms with Gasteiger partial charge in [0.1, 0.15) is 0 Å². The zero-order chi connectivity index (χ0) is 30.3. The lowest BCUT2D eigenvalue weighted by Crippen LogP contribution is -2.66. The highest BCUT2D eigenvalue weighted by Gasteiger charge is 2.71. The van der Waals surface area contributed by atoms with Crippen molar-refractivity contribution in [2.45, 2.75) is 99.3 Å². The first-order chi connectivity index (χ1) is 19.6. The largest absolute Gasteiger partial charge is 0.354 e. The van der Waals surface area contributed by atoms with Gasteiger partial charge in [-0.2, -0.15) is 0 Å². The van der Waals surface area contributed by atoms with Crippen molar-refractivity contribution in [2.75, 3.05) is 37.7 Å². The lowest BCUT2D eigenvalue weighted by molar-refractivity contribution is -0.225. The third-order valence-corrected chi connectivity index (χ3v) is 16.5. The van der Waals surface area contributed by atoms with Crippen LogP contribution in [0.15, 0.2) is 24.3 Å². The van der Waals surface area contributed by atoms with E-state index in [2.05, 4.69) is 70.5 Å². The third kappa shape index (κ3) is 4.45. The zero-order valence-corrected chi connectivity index (χ0v) is 28.3. The Balaban J connectivity index is 1.25. The third-order valence-electron chi connectivity index (χ3n) is 14.9. The Labute approximate surface area is 256 Å². The van der Waals surface area contributed by atoms with E-state index in [-0.39, 0.29) is 33.7 Å². The molecule has 0 aromatic rings. The van der Waals surface area contributed by atoms with Crippen molar-refractivity contribution in [3.05, 3.63) is 24.3 Å². The molecule has 6 rings (SSSR count). The fraction of sp³-hybridized carbons (Fsp3) is 0.861. The Morgan fingerprint density at radius 2 is 1.64 bits per heavy atom. The van der Waals surface area contributed by atoms with E-state index in [0.29, 0.717) is 48.2 Å². The van der Waals surface area contributed by atoms with Crippen LogP contribution in [0.1, 0.15) is 99.3 Å². The molecule has 236 valence electrons. The molecule has 6 aliphatic rings. The molecule has 6 heteroatoms. The maximum absolute atomic E-state index is 14.3. The molecule has 4 saturated carbocycles. The molecule has 0 radical (unpaired) electrons. The fourth-order valence-corrected chi connectivity index (χ4v) is 13.9. The minimum atomic E-state index is -2.89. The SMILES string of the molecule is C=C(C)[C@@H]1CC[C@]2(C(=O)NCCN3CCS(=O)(=O)CC3)CC[C@]3(C)[C@H](CC[C@@H]4[C@]5(C)CC=CC(C)(C)[C@H]5CC[C@]43C)[C@@H]12. The van der Waals surface area contributed by atoms with Gasteiger partial charge in [-0.05, 0) is 116 Å². The summed E-state index contributed by atoms with van der Waals surface area (Å²) >= 11 is 0. The molecule has 1 heterocycles. The van der Waals surface area contributed by atoms with E-state index in [1.807, 2.05) is 0 Å². The van der Waals surface area contributed by atoms with Crippen LogP contribution < -0.4 is 5.32 Å². The van der Waals surface area contributed by atoms with Crippen molar-refractivity contribution in [3.63, 3.8) is 0 Å². The van der Waals surface area contributed by atoms with Crippen molar-refractivity contribution < 1.29 is 13.2 Å². The number of rotatable bonds is 5. The Morgan fingerprint density at radius 3 is 2.33 bits per heavy atom. The summed E-state index contributed by atoms with van der Waals surface area (Å²) < 4.78 is 23.7. The molecule has 0 aromatic carbocycles. The first-order valence-corrected chi connectivity index (χ1v) is 19.0. The van der Waals surface area contributed by atoms with E-state index in [0.717, 1.165) is 44.1 Å². The van der Waals surface area contributed by atoms with E-state index < -0.39 is 9.84 Å². The van der Waals surface area contributed by atoms with E-state index in [1.54, 1.807) is 0 Å². The molecule has 5 aliphatic carbocycles. The topological polar surface area (TPSA) is 66.5 Å². The average Bonchev–Trinajstić information content (AvgIpc) is 3.31. The molecule has 5 fully saturated rings. The van der Waals surface area contributed by atoms with Crippen LogP contribution in [0, 0.1) is 56.7 Å². The smallest absolute Gasteiger partial charge is 0.226 e. The fourth-order valence-electron chi connectivity index (χ4n) is 12.6. The summed E-state index contributed by atoms with van der Waals surface area (Å²) in [5, 5.41) is 3.40. The number of hydrogen-bond acceptors (Lipinski definition) is 4. The lowest BCUT2D eigenvalue weighted by atomic mass is 9.33. The van der Waals surface area contributed by atoms with Gasteiger partial charge in [-0.15, -0.1) is 0 Å². The van der Waals surface area contributed by atoms with Crippen molar-refractivity contribution >= 4 is 15.7 Å². The van der Waals surface area contributed by atoms with Crippen LogP contribution in [0.2, 0.25) is 0 Å². The zero-order valence-electron chi connectivity index (χ0n) is 27.4. The van der Waals surface area contributed by atoms with Gasteiger partial charge in [0.15, 0.2) is 9.84 Å². The maximum Gasteiger partial charge on any atom is 0.226 e. The molecule has 9 atom stereocenters. The van der Waals surface area contributed by atoms with Crippen LogP contribution in [0.4, 0.5) is 0 Å². The summed E-state index contributed by atoms with van der Waals surface area (Å²) in [6.07, 6.45) is 15.6. The van der Waals surface area contributed by atoms with Crippen LogP contribution in [-0.4, -0.2) is 56.9 Å². The molecule has 0 aromatic heterocycles. The van der Waals surface area contributed by atoms with Gasteiger partial charge in [-0.3, -0.25) is 9.69 Å². The number of nitrogens with one attached hydrogen (secondary N) is 1. The standard InChI is InChI=1S/C36H58N2O3S/c1-25(2)26-11-16-36(31(39)37-19-20-38-21-23-42(40,41)24-22-38)18-17-34(6)27(30(26)36)9-10-29-33(5)14-8-13-32(3,4)28(33)12-15-35(29,34)7/h8,13,26-30H,1,9-12,14-24H2,2-7H3,(H,37,39)/t26-,27+,28+,29+,30+,33+,34+,35+,36-/m0/s1.